The normalized spacial score (nSPS) is 15.2. The maximum atomic E-state index is 2.40. The summed E-state index contributed by atoms with van der Waals surface area (Å²) < 4.78 is 0. The van der Waals surface area contributed by atoms with Crippen molar-refractivity contribution in [3.05, 3.63) is 23.8 Å². The Morgan fingerprint density at radius 2 is 1.58 bits per heavy atom. The van der Waals surface area contributed by atoms with Crippen molar-refractivity contribution in [3.8, 4) is 0 Å². The summed E-state index contributed by atoms with van der Waals surface area (Å²) in [5.41, 5.74) is 2.07. The topological polar surface area (TPSA) is 0 Å². The van der Waals surface area contributed by atoms with Crippen molar-refractivity contribution < 1.29 is 0 Å². The molecule has 0 amide bonds. The monoisotopic (exact) mass is 264 g/mol. The average molecular weight is 264 g/mol. The Labute approximate surface area is 122 Å². The maximum Gasteiger partial charge on any atom is -0.00794 e. The number of hydrogen-bond donors (Lipinski definition) is 0. The lowest BCUT2D eigenvalue weighted by Crippen LogP contribution is -2.03. The van der Waals surface area contributed by atoms with E-state index in [1.165, 1.54) is 44.9 Å². The molecule has 0 aliphatic rings. The molecule has 0 aliphatic heterocycles. The molecule has 1 atom stereocenters. The summed E-state index contributed by atoms with van der Waals surface area (Å²) in [4.78, 5) is 0. The summed E-state index contributed by atoms with van der Waals surface area (Å²) in [7, 11) is 0. The molecule has 0 aromatic heterocycles. The highest BCUT2D eigenvalue weighted by Crippen LogP contribution is 2.22. The van der Waals surface area contributed by atoms with Gasteiger partial charge in [-0.15, -0.1) is 0 Å². The smallest absolute Gasteiger partial charge is 0.00794 e. The fourth-order valence-corrected chi connectivity index (χ4v) is 2.48. The third-order valence-corrected chi connectivity index (χ3v) is 3.54. The molecule has 112 valence electrons. The van der Waals surface area contributed by atoms with Crippen LogP contribution in [0.4, 0.5) is 0 Å². The van der Waals surface area contributed by atoms with E-state index in [1.54, 1.807) is 5.57 Å². The Bertz CT molecular complexity index is 262. The molecule has 0 aromatic carbocycles. The average Bonchev–Trinajstić information content (AvgIpc) is 2.26. The van der Waals surface area contributed by atoms with Crippen molar-refractivity contribution in [2.45, 2.75) is 86.5 Å². The van der Waals surface area contributed by atoms with Crippen LogP contribution in [0.2, 0.25) is 0 Å². The minimum absolute atomic E-state index is 0.516. The molecule has 0 radical (unpaired) electrons. The van der Waals surface area contributed by atoms with E-state index in [1.807, 2.05) is 0 Å². The first-order valence-corrected chi connectivity index (χ1v) is 8.15. The minimum atomic E-state index is 0.516. The summed E-state index contributed by atoms with van der Waals surface area (Å²) in [5.74, 6) is 0.594. The molecule has 0 rings (SSSR count). The molecule has 0 bridgehead atoms. The van der Waals surface area contributed by atoms with Crippen molar-refractivity contribution >= 4 is 0 Å². The van der Waals surface area contributed by atoms with E-state index >= 15 is 0 Å². The lowest BCUT2D eigenvalue weighted by atomic mass is 9.89. The van der Waals surface area contributed by atoms with Crippen LogP contribution >= 0.6 is 0 Å². The second kappa shape index (κ2) is 10.3. The molecule has 0 heteroatoms. The van der Waals surface area contributed by atoms with Crippen LogP contribution in [-0.4, -0.2) is 0 Å². The van der Waals surface area contributed by atoms with Crippen molar-refractivity contribution in [2.24, 2.45) is 11.3 Å². The molecule has 0 aliphatic carbocycles. The number of allylic oxidation sites excluding steroid dienone is 4. The highest BCUT2D eigenvalue weighted by molar-refractivity contribution is 5.05. The predicted molar refractivity (Wildman–Crippen MR) is 89.5 cm³/mol. The van der Waals surface area contributed by atoms with E-state index in [4.69, 9.17) is 0 Å². The molecule has 0 aromatic rings. The minimum Gasteiger partial charge on any atom is -0.0911 e. The quantitative estimate of drug-likeness (QED) is 0.313. The van der Waals surface area contributed by atoms with Crippen LogP contribution in [0.1, 0.15) is 86.5 Å². The Kier molecular flexibility index (Phi) is 10.0. The van der Waals surface area contributed by atoms with Gasteiger partial charge in [-0.1, -0.05) is 77.2 Å². The van der Waals surface area contributed by atoms with Crippen LogP contribution in [0.3, 0.4) is 0 Å². The second-order valence-corrected chi connectivity index (χ2v) is 7.23. The van der Waals surface area contributed by atoms with Gasteiger partial charge in [-0.05, 0) is 44.4 Å². The predicted octanol–water partition coefficient (Wildman–Crippen LogP) is 6.92. The van der Waals surface area contributed by atoms with Gasteiger partial charge in [0, 0.05) is 0 Å². The molecule has 0 saturated heterocycles. The third kappa shape index (κ3) is 13.7. The van der Waals surface area contributed by atoms with Gasteiger partial charge in [0.15, 0.2) is 0 Å². The third-order valence-electron chi connectivity index (χ3n) is 3.54. The van der Waals surface area contributed by atoms with Gasteiger partial charge in [0.2, 0.25) is 0 Å². The molecular formula is C19H36. The fourth-order valence-electron chi connectivity index (χ4n) is 2.48. The van der Waals surface area contributed by atoms with E-state index in [9.17, 15) is 0 Å². The molecule has 0 fully saturated rings. The van der Waals surface area contributed by atoms with Gasteiger partial charge in [-0.2, -0.15) is 0 Å². The van der Waals surface area contributed by atoms with E-state index in [0.29, 0.717) is 11.3 Å². The number of rotatable bonds is 9. The molecule has 0 nitrogen and oxygen atoms in total. The largest absolute Gasteiger partial charge is 0.0911 e. The van der Waals surface area contributed by atoms with Gasteiger partial charge >= 0.3 is 0 Å². The molecule has 0 heterocycles. The van der Waals surface area contributed by atoms with E-state index in [-0.39, 0.29) is 0 Å². The van der Waals surface area contributed by atoms with Gasteiger partial charge in [-0.25, -0.2) is 0 Å². The fraction of sp³-hybridized carbons (Fsp3) is 0.789. The molecule has 0 saturated carbocycles. The molecule has 0 spiro atoms. The second-order valence-electron chi connectivity index (χ2n) is 7.23. The van der Waals surface area contributed by atoms with E-state index in [2.05, 4.69) is 59.8 Å². The van der Waals surface area contributed by atoms with Crippen LogP contribution in [0.15, 0.2) is 23.8 Å². The summed E-state index contributed by atoms with van der Waals surface area (Å²) in [6.07, 6.45) is 16.4. The summed E-state index contributed by atoms with van der Waals surface area (Å²) >= 11 is 0. The van der Waals surface area contributed by atoms with Crippen molar-refractivity contribution in [2.75, 3.05) is 0 Å². The van der Waals surface area contributed by atoms with Crippen LogP contribution in [0.5, 0.6) is 0 Å². The lowest BCUT2D eigenvalue weighted by Gasteiger charge is -2.17. The zero-order chi connectivity index (χ0) is 14.7. The van der Waals surface area contributed by atoms with Crippen molar-refractivity contribution in [1.82, 2.24) is 0 Å². The van der Waals surface area contributed by atoms with Crippen LogP contribution < -0.4 is 0 Å². The zero-order valence-corrected chi connectivity index (χ0v) is 14.3. The molecule has 0 N–H and O–H groups in total. The Hall–Kier alpha value is -0.520. The Morgan fingerprint density at radius 3 is 2.16 bits per heavy atom. The summed E-state index contributed by atoms with van der Waals surface area (Å²) in [5, 5.41) is 0. The van der Waals surface area contributed by atoms with Crippen LogP contribution in [0, 0.1) is 11.3 Å². The van der Waals surface area contributed by atoms with Gasteiger partial charge in [0.1, 0.15) is 0 Å². The first-order valence-electron chi connectivity index (χ1n) is 8.15. The lowest BCUT2D eigenvalue weighted by molar-refractivity contribution is 0.356. The number of unbranched alkanes of at least 4 members (excludes halogenated alkanes) is 4. The van der Waals surface area contributed by atoms with Gasteiger partial charge < -0.3 is 0 Å². The van der Waals surface area contributed by atoms with Gasteiger partial charge in [-0.3, -0.25) is 0 Å². The Morgan fingerprint density at radius 1 is 1.00 bits per heavy atom. The van der Waals surface area contributed by atoms with Crippen LogP contribution in [-0.2, 0) is 0 Å². The molecule has 19 heavy (non-hydrogen) atoms. The molecular weight excluding hydrogens is 228 g/mol. The van der Waals surface area contributed by atoms with Crippen LogP contribution in [0.25, 0.3) is 0 Å². The van der Waals surface area contributed by atoms with E-state index in [0.717, 1.165) is 0 Å². The van der Waals surface area contributed by atoms with E-state index < -0.39 is 0 Å². The number of hydrogen-bond acceptors (Lipinski definition) is 0. The highest BCUT2D eigenvalue weighted by Gasteiger charge is 2.08. The molecule has 1 unspecified atom stereocenters. The summed E-state index contributed by atoms with van der Waals surface area (Å²) in [6.45, 7) is 13.7. The summed E-state index contributed by atoms with van der Waals surface area (Å²) in [6, 6.07) is 0. The SMILES string of the molecule is C/C=C\C(C)/C=C(\C)CCCCCCCC(C)(C)C. The van der Waals surface area contributed by atoms with Gasteiger partial charge in [0.05, 0.1) is 0 Å². The van der Waals surface area contributed by atoms with Crippen molar-refractivity contribution in [3.63, 3.8) is 0 Å². The highest BCUT2D eigenvalue weighted by atomic mass is 14.1. The zero-order valence-electron chi connectivity index (χ0n) is 14.3. The van der Waals surface area contributed by atoms with Gasteiger partial charge in [0.25, 0.3) is 0 Å². The van der Waals surface area contributed by atoms with Crippen molar-refractivity contribution in [1.29, 1.82) is 0 Å². The first-order chi connectivity index (χ1) is 8.85. The Balaban J connectivity index is 3.54. The maximum absolute atomic E-state index is 2.40. The standard InChI is InChI=1S/C19H36/c1-7-13-17(2)16-18(3)14-11-9-8-10-12-15-19(4,5)6/h7,13,16-17H,8-12,14-15H2,1-6H3/b13-7-,18-16+. The first kappa shape index (κ1) is 18.5.